The highest BCUT2D eigenvalue weighted by atomic mass is 35.5. The molecule has 3 aromatic rings. The van der Waals surface area contributed by atoms with E-state index in [1.54, 1.807) is 12.3 Å². The van der Waals surface area contributed by atoms with Crippen LogP contribution < -0.4 is 5.43 Å². The van der Waals surface area contributed by atoms with Crippen LogP contribution in [0.2, 0.25) is 4.47 Å². The van der Waals surface area contributed by atoms with Crippen molar-refractivity contribution in [2.75, 3.05) is 0 Å². The zero-order valence-electron chi connectivity index (χ0n) is 9.21. The molecule has 0 radical (unpaired) electrons. The van der Waals surface area contributed by atoms with Gasteiger partial charge in [-0.3, -0.25) is 4.79 Å². The van der Waals surface area contributed by atoms with Crippen LogP contribution in [0.15, 0.2) is 41.3 Å². The third-order valence-electron chi connectivity index (χ3n) is 2.63. The molecule has 0 aliphatic rings. The summed E-state index contributed by atoms with van der Waals surface area (Å²) in [5.74, 6) is 0. The second-order valence-corrected chi connectivity index (χ2v) is 5.42. The van der Waals surface area contributed by atoms with E-state index in [0.717, 1.165) is 10.5 Å². The summed E-state index contributed by atoms with van der Waals surface area (Å²) in [5.41, 5.74) is 0.911. The third-order valence-corrected chi connectivity index (χ3v) is 3.64. The van der Waals surface area contributed by atoms with Crippen molar-refractivity contribution in [2.24, 2.45) is 0 Å². The second-order valence-electron chi connectivity index (χ2n) is 3.77. The highest BCUT2D eigenvalue weighted by Crippen LogP contribution is 2.17. The van der Waals surface area contributed by atoms with E-state index in [1.807, 2.05) is 28.8 Å². The van der Waals surface area contributed by atoms with Gasteiger partial charge in [-0.05, 0) is 23.7 Å². The molecular weight excluding hydrogens is 270 g/mol. The van der Waals surface area contributed by atoms with E-state index >= 15 is 0 Å². The highest BCUT2D eigenvalue weighted by molar-refractivity contribution is 7.15. The SMILES string of the molecule is O=c1ccn(Cc2nnc(Cl)s2)c2ccccc12. The maximum atomic E-state index is 11.7. The molecule has 0 fully saturated rings. The first kappa shape index (κ1) is 11.4. The fourth-order valence-corrected chi connectivity index (χ4v) is 2.71. The molecule has 18 heavy (non-hydrogen) atoms. The molecule has 0 atom stereocenters. The van der Waals surface area contributed by atoms with Crippen LogP contribution in [-0.2, 0) is 6.54 Å². The number of rotatable bonds is 2. The van der Waals surface area contributed by atoms with Crippen LogP contribution in [-0.4, -0.2) is 14.8 Å². The fourth-order valence-electron chi connectivity index (χ4n) is 1.84. The minimum Gasteiger partial charge on any atom is -0.340 e. The topological polar surface area (TPSA) is 47.8 Å². The van der Waals surface area contributed by atoms with Gasteiger partial charge in [0.2, 0.25) is 4.47 Å². The summed E-state index contributed by atoms with van der Waals surface area (Å²) >= 11 is 7.10. The summed E-state index contributed by atoms with van der Waals surface area (Å²) < 4.78 is 2.39. The first-order valence-corrected chi connectivity index (χ1v) is 6.49. The number of hydrogen-bond donors (Lipinski definition) is 0. The summed E-state index contributed by atoms with van der Waals surface area (Å²) in [5, 5.41) is 9.27. The van der Waals surface area contributed by atoms with Crippen LogP contribution in [0.5, 0.6) is 0 Å². The quantitative estimate of drug-likeness (QED) is 0.723. The number of aromatic nitrogens is 3. The normalized spacial score (nSPS) is 10.9. The third kappa shape index (κ3) is 2.02. The Kier molecular flexibility index (Phi) is 2.85. The molecule has 2 heterocycles. The van der Waals surface area contributed by atoms with Crippen molar-refractivity contribution in [1.82, 2.24) is 14.8 Å². The number of para-hydroxylation sites is 1. The number of benzene rings is 1. The molecule has 90 valence electrons. The monoisotopic (exact) mass is 277 g/mol. The molecule has 0 N–H and O–H groups in total. The van der Waals surface area contributed by atoms with Crippen LogP contribution in [0.25, 0.3) is 10.9 Å². The van der Waals surface area contributed by atoms with Gasteiger partial charge in [0.05, 0.1) is 12.1 Å². The number of fused-ring (bicyclic) bond motifs is 1. The van der Waals surface area contributed by atoms with Crippen molar-refractivity contribution in [1.29, 1.82) is 0 Å². The van der Waals surface area contributed by atoms with Crippen molar-refractivity contribution >= 4 is 33.8 Å². The fraction of sp³-hybridized carbons (Fsp3) is 0.0833. The van der Waals surface area contributed by atoms with Gasteiger partial charge in [-0.15, -0.1) is 10.2 Å². The van der Waals surface area contributed by atoms with E-state index < -0.39 is 0 Å². The first-order valence-electron chi connectivity index (χ1n) is 5.30. The van der Waals surface area contributed by atoms with Crippen molar-refractivity contribution in [3.63, 3.8) is 0 Å². The van der Waals surface area contributed by atoms with Gasteiger partial charge in [-0.1, -0.05) is 23.5 Å². The summed E-state index contributed by atoms with van der Waals surface area (Å²) in [6.07, 6.45) is 1.76. The van der Waals surface area contributed by atoms with E-state index in [0.29, 0.717) is 16.4 Å². The second kappa shape index (κ2) is 4.51. The molecule has 0 bridgehead atoms. The minimum absolute atomic E-state index is 0.0251. The van der Waals surface area contributed by atoms with E-state index in [-0.39, 0.29) is 5.43 Å². The lowest BCUT2D eigenvalue weighted by Gasteiger charge is -2.07. The predicted molar refractivity (Wildman–Crippen MR) is 72.2 cm³/mol. The standard InChI is InChI=1S/C12H8ClN3OS/c13-12-15-14-11(18-12)7-16-6-5-10(17)8-3-1-2-4-9(8)16/h1-6H,7H2. The Bertz CT molecular complexity index is 765. The van der Waals surface area contributed by atoms with Gasteiger partial charge in [-0.2, -0.15) is 0 Å². The van der Waals surface area contributed by atoms with Crippen LogP contribution >= 0.6 is 22.9 Å². The molecule has 0 aliphatic heterocycles. The van der Waals surface area contributed by atoms with Crippen LogP contribution in [0.1, 0.15) is 5.01 Å². The molecule has 0 unspecified atom stereocenters. The maximum Gasteiger partial charge on any atom is 0.207 e. The lowest BCUT2D eigenvalue weighted by Crippen LogP contribution is -2.08. The molecule has 0 saturated heterocycles. The van der Waals surface area contributed by atoms with Gasteiger partial charge in [0.1, 0.15) is 5.01 Å². The van der Waals surface area contributed by atoms with Gasteiger partial charge in [0.15, 0.2) is 5.43 Å². The molecular formula is C12H8ClN3OS. The number of hydrogen-bond acceptors (Lipinski definition) is 4. The summed E-state index contributed by atoms with van der Waals surface area (Å²) in [7, 11) is 0. The number of nitrogens with zero attached hydrogens (tertiary/aromatic N) is 3. The van der Waals surface area contributed by atoms with Crippen molar-refractivity contribution < 1.29 is 0 Å². The van der Waals surface area contributed by atoms with E-state index in [1.165, 1.54) is 11.3 Å². The van der Waals surface area contributed by atoms with E-state index in [4.69, 9.17) is 11.6 Å². The van der Waals surface area contributed by atoms with Crippen LogP contribution in [0.4, 0.5) is 0 Å². The van der Waals surface area contributed by atoms with Gasteiger partial charge in [0.25, 0.3) is 0 Å². The molecule has 0 spiro atoms. The lowest BCUT2D eigenvalue weighted by atomic mass is 10.2. The molecule has 2 aromatic heterocycles. The molecule has 6 heteroatoms. The molecule has 0 amide bonds. The predicted octanol–water partition coefficient (Wildman–Crippen LogP) is 2.55. The van der Waals surface area contributed by atoms with Crippen molar-refractivity contribution in [3.8, 4) is 0 Å². The van der Waals surface area contributed by atoms with Crippen LogP contribution in [0, 0.1) is 0 Å². The summed E-state index contributed by atoms with van der Waals surface area (Å²) in [6.45, 7) is 0.561. The van der Waals surface area contributed by atoms with Crippen molar-refractivity contribution in [3.05, 3.63) is 56.2 Å². The van der Waals surface area contributed by atoms with Gasteiger partial charge in [0, 0.05) is 17.6 Å². The average molecular weight is 278 g/mol. The highest BCUT2D eigenvalue weighted by Gasteiger charge is 2.06. The molecule has 3 rings (SSSR count). The van der Waals surface area contributed by atoms with Gasteiger partial charge < -0.3 is 4.57 Å². The molecule has 0 saturated carbocycles. The zero-order chi connectivity index (χ0) is 12.5. The number of pyridine rings is 1. The smallest absolute Gasteiger partial charge is 0.207 e. The Morgan fingerprint density at radius 3 is 2.83 bits per heavy atom. The zero-order valence-corrected chi connectivity index (χ0v) is 10.8. The lowest BCUT2D eigenvalue weighted by molar-refractivity contribution is 0.801. The Morgan fingerprint density at radius 1 is 1.22 bits per heavy atom. The summed E-state index contributed by atoms with van der Waals surface area (Å²) in [6, 6.07) is 9.06. The van der Waals surface area contributed by atoms with Crippen molar-refractivity contribution in [2.45, 2.75) is 6.54 Å². The first-order chi connectivity index (χ1) is 8.74. The Balaban J connectivity index is 2.12. The number of halogens is 1. The van der Waals surface area contributed by atoms with Gasteiger partial charge >= 0.3 is 0 Å². The van der Waals surface area contributed by atoms with E-state index in [9.17, 15) is 4.79 Å². The Hall–Kier alpha value is -1.72. The van der Waals surface area contributed by atoms with Crippen LogP contribution in [0.3, 0.4) is 0 Å². The Morgan fingerprint density at radius 2 is 2.06 bits per heavy atom. The average Bonchev–Trinajstić information content (AvgIpc) is 2.79. The summed E-state index contributed by atoms with van der Waals surface area (Å²) in [4.78, 5) is 11.7. The Labute approximate surface area is 111 Å². The molecule has 4 nitrogen and oxygen atoms in total. The molecule has 0 aliphatic carbocycles. The minimum atomic E-state index is 0.0251. The van der Waals surface area contributed by atoms with E-state index in [2.05, 4.69) is 10.2 Å². The molecule has 1 aromatic carbocycles. The largest absolute Gasteiger partial charge is 0.340 e. The van der Waals surface area contributed by atoms with Gasteiger partial charge in [-0.25, -0.2) is 0 Å². The maximum absolute atomic E-state index is 11.7.